The van der Waals surface area contributed by atoms with Gasteiger partial charge in [-0.1, -0.05) is 24.3 Å². The van der Waals surface area contributed by atoms with Crippen molar-refractivity contribution in [2.24, 2.45) is 0 Å². The molecule has 1 aliphatic rings. The van der Waals surface area contributed by atoms with Gasteiger partial charge in [-0.25, -0.2) is 4.79 Å². The average Bonchev–Trinajstić information content (AvgIpc) is 3.41. The van der Waals surface area contributed by atoms with Gasteiger partial charge in [-0.15, -0.1) is 0 Å². The number of rotatable bonds is 6. The van der Waals surface area contributed by atoms with Gasteiger partial charge in [0.25, 0.3) is 0 Å². The van der Waals surface area contributed by atoms with Crippen molar-refractivity contribution in [3.8, 4) is 5.75 Å². The zero-order chi connectivity index (χ0) is 20.9. The highest BCUT2D eigenvalue weighted by molar-refractivity contribution is 5.95. The first-order chi connectivity index (χ1) is 14.6. The lowest BCUT2D eigenvalue weighted by Crippen LogP contribution is -2.37. The number of hydrogen-bond donors (Lipinski definition) is 3. The van der Waals surface area contributed by atoms with Gasteiger partial charge in [0, 0.05) is 30.2 Å². The molecule has 0 radical (unpaired) electrons. The number of urea groups is 1. The summed E-state index contributed by atoms with van der Waals surface area (Å²) in [4.78, 5) is 24.7. The molecule has 0 saturated heterocycles. The van der Waals surface area contributed by atoms with Crippen LogP contribution in [0.25, 0.3) is 0 Å². The van der Waals surface area contributed by atoms with Gasteiger partial charge in [0.2, 0.25) is 5.91 Å². The second-order valence-electron chi connectivity index (χ2n) is 7.12. The van der Waals surface area contributed by atoms with E-state index in [9.17, 15) is 9.59 Å². The molecule has 0 unspecified atom stereocenters. The number of nitrogens with zero attached hydrogens (tertiary/aromatic N) is 2. The summed E-state index contributed by atoms with van der Waals surface area (Å²) in [6.07, 6.45) is 4.05. The van der Waals surface area contributed by atoms with E-state index in [0.717, 1.165) is 17.7 Å². The Labute approximate surface area is 174 Å². The van der Waals surface area contributed by atoms with E-state index < -0.39 is 6.04 Å². The SMILES string of the molecule is C[C@@H](C(=O)Nc1cccc(NC(=O)NC[C@H]2Cc3ccccc3O2)c1)n1cccn1. The normalized spacial score (nSPS) is 15.6. The summed E-state index contributed by atoms with van der Waals surface area (Å²) in [5, 5.41) is 12.5. The lowest BCUT2D eigenvalue weighted by Gasteiger charge is -2.14. The van der Waals surface area contributed by atoms with Gasteiger partial charge in [0.1, 0.15) is 17.9 Å². The molecule has 2 aromatic carbocycles. The number of amides is 3. The fourth-order valence-electron chi connectivity index (χ4n) is 3.30. The zero-order valence-electron chi connectivity index (χ0n) is 16.5. The third kappa shape index (κ3) is 4.60. The van der Waals surface area contributed by atoms with Crippen LogP contribution in [0.4, 0.5) is 16.2 Å². The van der Waals surface area contributed by atoms with E-state index in [1.807, 2.05) is 24.3 Å². The van der Waals surface area contributed by atoms with E-state index in [0.29, 0.717) is 17.9 Å². The highest BCUT2D eigenvalue weighted by atomic mass is 16.5. The van der Waals surface area contributed by atoms with Crippen LogP contribution in [0.2, 0.25) is 0 Å². The fraction of sp³-hybridized carbons (Fsp3) is 0.227. The van der Waals surface area contributed by atoms with Crippen LogP contribution in [0.5, 0.6) is 5.75 Å². The molecule has 0 aliphatic carbocycles. The summed E-state index contributed by atoms with van der Waals surface area (Å²) in [6, 6.07) is 15.9. The summed E-state index contributed by atoms with van der Waals surface area (Å²) < 4.78 is 7.40. The molecule has 0 saturated carbocycles. The van der Waals surface area contributed by atoms with E-state index in [4.69, 9.17) is 4.74 Å². The number of benzene rings is 2. The molecule has 3 aromatic rings. The first-order valence-electron chi connectivity index (χ1n) is 9.78. The molecule has 3 N–H and O–H groups in total. The van der Waals surface area contributed by atoms with Crippen molar-refractivity contribution in [3.63, 3.8) is 0 Å². The van der Waals surface area contributed by atoms with Crippen LogP contribution in [0.3, 0.4) is 0 Å². The standard InChI is InChI=1S/C22H23N5O3/c1-15(27-11-5-10-24-27)21(28)25-17-7-4-8-18(13-17)26-22(29)23-14-19-12-16-6-2-3-9-20(16)30-19/h2-11,13,15,19H,12,14H2,1H3,(H,25,28)(H2,23,26,29)/t15-,19+/m0/s1. The van der Waals surface area contributed by atoms with Crippen LogP contribution in [0, 0.1) is 0 Å². The number of fused-ring (bicyclic) bond motifs is 1. The highest BCUT2D eigenvalue weighted by Gasteiger charge is 2.22. The molecule has 8 nitrogen and oxygen atoms in total. The van der Waals surface area contributed by atoms with Crippen LogP contribution in [-0.4, -0.2) is 34.4 Å². The lowest BCUT2D eigenvalue weighted by atomic mass is 10.1. The molecular weight excluding hydrogens is 382 g/mol. The van der Waals surface area contributed by atoms with Crippen LogP contribution in [-0.2, 0) is 11.2 Å². The summed E-state index contributed by atoms with van der Waals surface area (Å²) in [7, 11) is 0. The van der Waals surface area contributed by atoms with Gasteiger partial charge in [0.15, 0.2) is 0 Å². The van der Waals surface area contributed by atoms with E-state index in [2.05, 4.69) is 21.0 Å². The molecule has 1 aliphatic heterocycles. The van der Waals surface area contributed by atoms with Gasteiger partial charge < -0.3 is 20.7 Å². The van der Waals surface area contributed by atoms with Crippen molar-refractivity contribution in [2.75, 3.05) is 17.2 Å². The zero-order valence-corrected chi connectivity index (χ0v) is 16.5. The molecule has 30 heavy (non-hydrogen) atoms. The summed E-state index contributed by atoms with van der Waals surface area (Å²) >= 11 is 0. The smallest absolute Gasteiger partial charge is 0.319 e. The number of carbonyl (C=O) groups excluding carboxylic acids is 2. The minimum atomic E-state index is -0.449. The molecule has 0 spiro atoms. The maximum Gasteiger partial charge on any atom is 0.319 e. The fourth-order valence-corrected chi connectivity index (χ4v) is 3.30. The van der Waals surface area contributed by atoms with Gasteiger partial charge >= 0.3 is 6.03 Å². The Balaban J connectivity index is 1.28. The Morgan fingerprint density at radius 1 is 1.13 bits per heavy atom. The highest BCUT2D eigenvalue weighted by Crippen LogP contribution is 2.27. The summed E-state index contributed by atoms with van der Waals surface area (Å²) in [5.74, 6) is 0.677. The topological polar surface area (TPSA) is 97.3 Å². The lowest BCUT2D eigenvalue weighted by molar-refractivity contribution is -0.119. The van der Waals surface area contributed by atoms with Gasteiger partial charge in [-0.05, 0) is 42.8 Å². The van der Waals surface area contributed by atoms with Crippen LogP contribution in [0.1, 0.15) is 18.5 Å². The Kier molecular flexibility index (Phi) is 5.65. The van der Waals surface area contributed by atoms with E-state index in [1.54, 1.807) is 54.3 Å². The maximum absolute atomic E-state index is 12.4. The van der Waals surface area contributed by atoms with Gasteiger partial charge in [0.05, 0.1) is 6.54 Å². The number of carbonyl (C=O) groups is 2. The molecule has 1 aromatic heterocycles. The van der Waals surface area contributed by atoms with Crippen molar-refractivity contribution in [2.45, 2.75) is 25.5 Å². The molecule has 2 heterocycles. The number of nitrogens with one attached hydrogen (secondary N) is 3. The largest absolute Gasteiger partial charge is 0.488 e. The van der Waals surface area contributed by atoms with Crippen molar-refractivity contribution in [3.05, 3.63) is 72.6 Å². The Bertz CT molecular complexity index is 1010. The van der Waals surface area contributed by atoms with E-state index >= 15 is 0 Å². The molecule has 154 valence electrons. The molecule has 2 atom stereocenters. The third-order valence-electron chi connectivity index (χ3n) is 4.89. The molecule has 4 rings (SSSR count). The molecule has 3 amide bonds. The van der Waals surface area contributed by atoms with E-state index in [-0.39, 0.29) is 18.0 Å². The number of aromatic nitrogens is 2. The average molecular weight is 405 g/mol. The monoisotopic (exact) mass is 405 g/mol. The van der Waals surface area contributed by atoms with Gasteiger partial charge in [-0.2, -0.15) is 5.10 Å². The molecular formula is C22H23N5O3. The van der Waals surface area contributed by atoms with E-state index in [1.165, 1.54) is 0 Å². The van der Waals surface area contributed by atoms with Crippen LogP contribution in [0.15, 0.2) is 67.0 Å². The number of anilines is 2. The predicted molar refractivity (Wildman–Crippen MR) is 114 cm³/mol. The van der Waals surface area contributed by atoms with Crippen LogP contribution < -0.4 is 20.7 Å². The molecule has 0 bridgehead atoms. The third-order valence-corrected chi connectivity index (χ3v) is 4.89. The second-order valence-corrected chi connectivity index (χ2v) is 7.12. The quantitative estimate of drug-likeness (QED) is 0.587. The number of para-hydroxylation sites is 1. The van der Waals surface area contributed by atoms with Crippen LogP contribution >= 0.6 is 0 Å². The predicted octanol–water partition coefficient (Wildman–Crippen LogP) is 3.21. The van der Waals surface area contributed by atoms with Gasteiger partial charge in [-0.3, -0.25) is 9.48 Å². The van der Waals surface area contributed by atoms with Crippen molar-refractivity contribution in [1.29, 1.82) is 0 Å². The Morgan fingerprint density at radius 2 is 1.93 bits per heavy atom. The minimum absolute atomic E-state index is 0.0810. The number of hydrogen-bond acceptors (Lipinski definition) is 4. The Morgan fingerprint density at radius 3 is 2.70 bits per heavy atom. The minimum Gasteiger partial charge on any atom is -0.488 e. The first kappa shape index (κ1) is 19.5. The first-order valence-corrected chi connectivity index (χ1v) is 9.78. The van der Waals surface area contributed by atoms with Crippen molar-refractivity contribution >= 4 is 23.3 Å². The number of ether oxygens (including phenoxy) is 1. The molecule has 0 fully saturated rings. The summed E-state index contributed by atoms with van der Waals surface area (Å²) in [5.41, 5.74) is 2.32. The summed E-state index contributed by atoms with van der Waals surface area (Å²) in [6.45, 7) is 2.17. The second kappa shape index (κ2) is 8.69. The van der Waals surface area contributed by atoms with Crippen molar-refractivity contribution < 1.29 is 14.3 Å². The van der Waals surface area contributed by atoms with Crippen molar-refractivity contribution in [1.82, 2.24) is 15.1 Å². The molecule has 8 heteroatoms. The maximum atomic E-state index is 12.4. The Hall–Kier alpha value is -3.81.